The molecule has 0 aromatic heterocycles. The molecular formula is C16H19BrO4. The van der Waals surface area contributed by atoms with Crippen molar-refractivity contribution in [3.05, 3.63) is 28.2 Å². The summed E-state index contributed by atoms with van der Waals surface area (Å²) in [6.45, 7) is 5.57. The summed E-state index contributed by atoms with van der Waals surface area (Å²) >= 11 is 3.35. The molecule has 1 fully saturated rings. The average molecular weight is 355 g/mol. The standard InChI is InChI=1S/C16H19BrO4/c1-16(2,3)21-15(19)11-6-13(7-11)20-14-8-12(17)5-4-10(14)9-18/h4-5,8-9,11,13H,6-7H2,1-3H3. The van der Waals surface area contributed by atoms with E-state index < -0.39 is 5.60 Å². The summed E-state index contributed by atoms with van der Waals surface area (Å²) in [4.78, 5) is 22.9. The van der Waals surface area contributed by atoms with Crippen LogP contribution in [0.25, 0.3) is 0 Å². The zero-order chi connectivity index (χ0) is 15.6. The summed E-state index contributed by atoms with van der Waals surface area (Å²) in [7, 11) is 0. The van der Waals surface area contributed by atoms with Gasteiger partial charge in [-0.25, -0.2) is 0 Å². The fraction of sp³-hybridized carbons (Fsp3) is 0.500. The second kappa shape index (κ2) is 6.18. The molecule has 0 radical (unpaired) electrons. The van der Waals surface area contributed by atoms with Crippen LogP contribution in [-0.4, -0.2) is 24.0 Å². The second-order valence-corrected chi connectivity index (χ2v) is 7.16. The summed E-state index contributed by atoms with van der Waals surface area (Å²) in [5.74, 6) is 0.264. The van der Waals surface area contributed by atoms with Crippen LogP contribution in [0, 0.1) is 5.92 Å². The van der Waals surface area contributed by atoms with E-state index in [2.05, 4.69) is 15.9 Å². The molecule has 4 nitrogen and oxygen atoms in total. The topological polar surface area (TPSA) is 52.6 Å². The number of rotatable bonds is 4. The van der Waals surface area contributed by atoms with Crippen LogP contribution in [0.4, 0.5) is 0 Å². The van der Waals surface area contributed by atoms with Crippen LogP contribution in [0.15, 0.2) is 22.7 Å². The van der Waals surface area contributed by atoms with Gasteiger partial charge in [0.15, 0.2) is 6.29 Å². The molecule has 0 aliphatic heterocycles. The van der Waals surface area contributed by atoms with Crippen molar-refractivity contribution in [3.8, 4) is 5.75 Å². The van der Waals surface area contributed by atoms with Crippen molar-refractivity contribution >= 4 is 28.2 Å². The fourth-order valence-corrected chi connectivity index (χ4v) is 2.47. The van der Waals surface area contributed by atoms with Gasteiger partial charge in [-0.05, 0) is 51.8 Å². The summed E-state index contributed by atoms with van der Waals surface area (Å²) < 4.78 is 12.0. The number of carbonyl (C=O) groups is 2. The van der Waals surface area contributed by atoms with E-state index in [-0.39, 0.29) is 18.0 Å². The molecule has 0 atom stereocenters. The van der Waals surface area contributed by atoms with E-state index in [0.29, 0.717) is 24.2 Å². The number of halogens is 1. The van der Waals surface area contributed by atoms with Crippen LogP contribution in [0.5, 0.6) is 5.75 Å². The van der Waals surface area contributed by atoms with E-state index in [4.69, 9.17) is 9.47 Å². The van der Waals surface area contributed by atoms with Crippen LogP contribution in [0.2, 0.25) is 0 Å². The molecular weight excluding hydrogens is 336 g/mol. The van der Waals surface area contributed by atoms with Gasteiger partial charge in [-0.1, -0.05) is 15.9 Å². The molecule has 0 amide bonds. The Balaban J connectivity index is 1.90. The number of aldehydes is 1. The third kappa shape index (κ3) is 4.30. The molecule has 114 valence electrons. The Bertz CT molecular complexity index is 542. The molecule has 1 aromatic rings. The maximum Gasteiger partial charge on any atom is 0.309 e. The number of esters is 1. The Morgan fingerprint density at radius 1 is 1.33 bits per heavy atom. The van der Waals surface area contributed by atoms with Gasteiger partial charge in [-0.3, -0.25) is 9.59 Å². The lowest BCUT2D eigenvalue weighted by Gasteiger charge is -2.35. The summed E-state index contributed by atoms with van der Waals surface area (Å²) in [6, 6.07) is 5.27. The lowest BCUT2D eigenvalue weighted by molar-refractivity contribution is -0.166. The molecule has 0 N–H and O–H groups in total. The third-order valence-electron chi connectivity index (χ3n) is 3.23. The molecule has 0 spiro atoms. The number of hydrogen-bond acceptors (Lipinski definition) is 4. The molecule has 0 saturated heterocycles. The van der Waals surface area contributed by atoms with Crippen molar-refractivity contribution in [1.29, 1.82) is 0 Å². The SMILES string of the molecule is CC(C)(C)OC(=O)C1CC(Oc2cc(Br)ccc2C=O)C1. The highest BCUT2D eigenvalue weighted by Gasteiger charge is 2.38. The molecule has 0 heterocycles. The highest BCUT2D eigenvalue weighted by Crippen LogP contribution is 2.34. The van der Waals surface area contributed by atoms with Gasteiger partial charge in [-0.2, -0.15) is 0 Å². The normalized spacial score (nSPS) is 21.3. The van der Waals surface area contributed by atoms with E-state index in [1.165, 1.54) is 0 Å². The van der Waals surface area contributed by atoms with Crippen molar-refractivity contribution in [2.24, 2.45) is 5.92 Å². The van der Waals surface area contributed by atoms with Crippen molar-refractivity contribution in [3.63, 3.8) is 0 Å². The lowest BCUT2D eigenvalue weighted by Crippen LogP contribution is -2.41. The van der Waals surface area contributed by atoms with Crippen molar-refractivity contribution in [2.45, 2.75) is 45.3 Å². The van der Waals surface area contributed by atoms with Gasteiger partial charge in [0.1, 0.15) is 17.5 Å². The van der Waals surface area contributed by atoms with E-state index in [1.54, 1.807) is 18.2 Å². The zero-order valence-electron chi connectivity index (χ0n) is 12.4. The van der Waals surface area contributed by atoms with Crippen LogP contribution in [0.1, 0.15) is 44.0 Å². The smallest absolute Gasteiger partial charge is 0.309 e. The lowest BCUT2D eigenvalue weighted by atomic mass is 9.82. The first-order valence-corrected chi connectivity index (χ1v) is 7.72. The number of hydrogen-bond donors (Lipinski definition) is 0. The average Bonchev–Trinajstić information content (AvgIpc) is 2.31. The molecule has 1 aliphatic carbocycles. The first-order chi connectivity index (χ1) is 9.78. The van der Waals surface area contributed by atoms with Gasteiger partial charge in [0.25, 0.3) is 0 Å². The Kier molecular flexibility index (Phi) is 4.71. The number of ether oxygens (including phenoxy) is 2. The minimum absolute atomic E-state index is 0.0458. The van der Waals surface area contributed by atoms with Gasteiger partial charge in [-0.15, -0.1) is 0 Å². The minimum atomic E-state index is -0.460. The predicted molar refractivity (Wildman–Crippen MR) is 82.5 cm³/mol. The highest BCUT2D eigenvalue weighted by molar-refractivity contribution is 9.10. The van der Waals surface area contributed by atoms with E-state index >= 15 is 0 Å². The zero-order valence-corrected chi connectivity index (χ0v) is 14.0. The van der Waals surface area contributed by atoms with Gasteiger partial charge >= 0.3 is 5.97 Å². The van der Waals surface area contributed by atoms with Crippen molar-refractivity contribution in [1.82, 2.24) is 0 Å². The molecule has 1 aliphatic rings. The molecule has 0 unspecified atom stereocenters. The second-order valence-electron chi connectivity index (χ2n) is 6.24. The minimum Gasteiger partial charge on any atom is -0.490 e. The molecule has 5 heteroatoms. The number of carbonyl (C=O) groups excluding carboxylic acids is 2. The van der Waals surface area contributed by atoms with Gasteiger partial charge in [0, 0.05) is 4.47 Å². The van der Waals surface area contributed by atoms with E-state index in [1.807, 2.05) is 20.8 Å². The maximum absolute atomic E-state index is 11.9. The maximum atomic E-state index is 11.9. The van der Waals surface area contributed by atoms with Gasteiger partial charge in [0.05, 0.1) is 11.5 Å². The highest BCUT2D eigenvalue weighted by atomic mass is 79.9. The van der Waals surface area contributed by atoms with Crippen LogP contribution >= 0.6 is 15.9 Å². The first kappa shape index (κ1) is 16.0. The molecule has 2 rings (SSSR count). The first-order valence-electron chi connectivity index (χ1n) is 6.93. The summed E-state index contributed by atoms with van der Waals surface area (Å²) in [6.07, 6.45) is 1.97. The van der Waals surface area contributed by atoms with Crippen LogP contribution in [0.3, 0.4) is 0 Å². The number of benzene rings is 1. The fourth-order valence-electron chi connectivity index (χ4n) is 2.13. The third-order valence-corrected chi connectivity index (χ3v) is 3.72. The van der Waals surface area contributed by atoms with Crippen LogP contribution < -0.4 is 4.74 Å². The largest absolute Gasteiger partial charge is 0.490 e. The Morgan fingerprint density at radius 3 is 2.57 bits per heavy atom. The van der Waals surface area contributed by atoms with Crippen LogP contribution in [-0.2, 0) is 9.53 Å². The van der Waals surface area contributed by atoms with Crippen molar-refractivity contribution < 1.29 is 19.1 Å². The predicted octanol–water partition coefficient (Wildman–Crippen LogP) is 3.76. The van der Waals surface area contributed by atoms with Gasteiger partial charge in [0.2, 0.25) is 0 Å². The molecule has 21 heavy (non-hydrogen) atoms. The van der Waals surface area contributed by atoms with Crippen molar-refractivity contribution in [2.75, 3.05) is 0 Å². The molecule has 1 aromatic carbocycles. The molecule has 0 bridgehead atoms. The van der Waals surface area contributed by atoms with Gasteiger partial charge < -0.3 is 9.47 Å². The van der Waals surface area contributed by atoms with E-state index in [0.717, 1.165) is 10.8 Å². The summed E-state index contributed by atoms with van der Waals surface area (Å²) in [5.41, 5.74) is 0.0526. The monoisotopic (exact) mass is 354 g/mol. The Labute approximate surface area is 132 Å². The summed E-state index contributed by atoms with van der Waals surface area (Å²) in [5, 5.41) is 0. The quantitative estimate of drug-likeness (QED) is 0.610. The molecule has 1 saturated carbocycles. The Hall–Kier alpha value is -1.36. The van der Waals surface area contributed by atoms with E-state index in [9.17, 15) is 9.59 Å². The Morgan fingerprint density at radius 2 is 2.00 bits per heavy atom.